The predicted molar refractivity (Wildman–Crippen MR) is 96.6 cm³/mol. The number of amides is 2. The van der Waals surface area contributed by atoms with Crippen LogP contribution in [0.25, 0.3) is 0 Å². The van der Waals surface area contributed by atoms with E-state index in [4.69, 9.17) is 0 Å². The van der Waals surface area contributed by atoms with Gasteiger partial charge < -0.3 is 15.2 Å². The summed E-state index contributed by atoms with van der Waals surface area (Å²) in [6.45, 7) is 0.261. The molecule has 26 heavy (non-hydrogen) atoms. The molecule has 0 aliphatic carbocycles. The molecule has 9 heteroatoms. The Hall–Kier alpha value is -3.20. The third-order valence-corrected chi connectivity index (χ3v) is 3.95. The Morgan fingerprint density at radius 1 is 1.19 bits per heavy atom. The normalized spacial score (nSPS) is 11.8. The molecule has 9 nitrogen and oxygen atoms in total. The van der Waals surface area contributed by atoms with Gasteiger partial charge in [0, 0.05) is 43.3 Å². The van der Waals surface area contributed by atoms with Gasteiger partial charge in [-0.2, -0.15) is 0 Å². The van der Waals surface area contributed by atoms with Gasteiger partial charge in [0.25, 0.3) is 5.69 Å². The number of nitro groups is 1. The maximum Gasteiger partial charge on any atom is 0.313 e. The van der Waals surface area contributed by atoms with Crippen molar-refractivity contribution in [3.63, 3.8) is 0 Å². The van der Waals surface area contributed by atoms with Crippen LogP contribution in [0.3, 0.4) is 0 Å². The van der Waals surface area contributed by atoms with Gasteiger partial charge in [-0.15, -0.1) is 0 Å². The second-order valence-electron chi connectivity index (χ2n) is 5.99. The molecule has 0 radical (unpaired) electrons. The molecule has 2 rings (SSSR count). The zero-order valence-electron chi connectivity index (χ0n) is 14.8. The first kappa shape index (κ1) is 19.1. The Labute approximate surface area is 150 Å². The van der Waals surface area contributed by atoms with E-state index in [1.807, 2.05) is 48.9 Å². The quantitative estimate of drug-likeness (QED) is 0.459. The highest BCUT2D eigenvalue weighted by molar-refractivity contribution is 6.39. The van der Waals surface area contributed by atoms with Gasteiger partial charge in [0.2, 0.25) is 0 Å². The van der Waals surface area contributed by atoms with Gasteiger partial charge in [-0.25, -0.2) is 0 Å². The summed E-state index contributed by atoms with van der Waals surface area (Å²) in [5.74, 6) is -1.60. The maximum absolute atomic E-state index is 12.0. The molecule has 2 aromatic rings. The number of likely N-dealkylation sites (N-methyl/N-ethyl adjacent to an activating group) is 1. The minimum Gasteiger partial charge on any atom is -0.353 e. The molecule has 1 aromatic carbocycles. The lowest BCUT2D eigenvalue weighted by atomic mass is 10.2. The Morgan fingerprint density at radius 2 is 1.85 bits per heavy atom. The minimum atomic E-state index is -0.830. The second-order valence-corrected chi connectivity index (χ2v) is 5.99. The first-order valence-electron chi connectivity index (χ1n) is 7.91. The van der Waals surface area contributed by atoms with Crippen molar-refractivity contribution < 1.29 is 14.5 Å². The van der Waals surface area contributed by atoms with Crippen LogP contribution in [0, 0.1) is 10.1 Å². The molecule has 1 atom stereocenters. The molecule has 0 aliphatic rings. The highest BCUT2D eigenvalue weighted by atomic mass is 16.6. The summed E-state index contributed by atoms with van der Waals surface area (Å²) < 4.78 is 1.95. The van der Waals surface area contributed by atoms with E-state index in [0.717, 1.165) is 5.69 Å². The van der Waals surface area contributed by atoms with E-state index in [-0.39, 0.29) is 18.3 Å². The largest absolute Gasteiger partial charge is 0.353 e. The number of anilines is 1. The van der Waals surface area contributed by atoms with Gasteiger partial charge in [-0.3, -0.25) is 24.6 Å². The number of aromatic nitrogens is 1. The average molecular weight is 359 g/mol. The number of aryl methyl sites for hydroxylation is 1. The summed E-state index contributed by atoms with van der Waals surface area (Å²) in [7, 11) is 5.69. The fraction of sp³-hybridized carbons (Fsp3) is 0.294. The molecule has 2 N–H and O–H groups in total. The Morgan fingerprint density at radius 3 is 2.35 bits per heavy atom. The van der Waals surface area contributed by atoms with Crippen molar-refractivity contribution in [2.75, 3.05) is 26.0 Å². The summed E-state index contributed by atoms with van der Waals surface area (Å²) in [4.78, 5) is 36.1. The second kappa shape index (κ2) is 8.26. The number of nitrogens with one attached hydrogen (secondary N) is 2. The lowest BCUT2D eigenvalue weighted by molar-refractivity contribution is -0.384. The summed E-state index contributed by atoms with van der Waals surface area (Å²) >= 11 is 0. The maximum atomic E-state index is 12.0. The molecule has 1 heterocycles. The van der Waals surface area contributed by atoms with Gasteiger partial charge in [0.05, 0.1) is 11.0 Å². The number of non-ortho nitro benzene ring substituents is 1. The highest BCUT2D eigenvalue weighted by Crippen LogP contribution is 2.17. The van der Waals surface area contributed by atoms with Gasteiger partial charge in [0.1, 0.15) is 0 Å². The molecular formula is C17H21N5O4. The lowest BCUT2D eigenvalue weighted by Gasteiger charge is -2.25. The van der Waals surface area contributed by atoms with Crippen molar-refractivity contribution in [1.29, 1.82) is 0 Å². The first-order chi connectivity index (χ1) is 12.3. The number of hydrogen-bond acceptors (Lipinski definition) is 5. The molecule has 0 bridgehead atoms. The van der Waals surface area contributed by atoms with Crippen molar-refractivity contribution in [2.24, 2.45) is 7.05 Å². The monoisotopic (exact) mass is 359 g/mol. The predicted octanol–water partition coefficient (Wildman–Crippen LogP) is 1.29. The number of carbonyl (C=O) groups is 2. The summed E-state index contributed by atoms with van der Waals surface area (Å²) in [5, 5.41) is 15.6. The van der Waals surface area contributed by atoms with Crippen LogP contribution in [0.1, 0.15) is 11.7 Å². The fourth-order valence-electron chi connectivity index (χ4n) is 2.50. The zero-order chi connectivity index (χ0) is 19.3. The van der Waals surface area contributed by atoms with Crippen LogP contribution in [0.2, 0.25) is 0 Å². The Bertz CT molecular complexity index is 798. The van der Waals surface area contributed by atoms with E-state index in [0.29, 0.717) is 5.69 Å². The number of nitrogens with zero attached hydrogens (tertiary/aromatic N) is 3. The third kappa shape index (κ3) is 4.67. The fourth-order valence-corrected chi connectivity index (χ4v) is 2.50. The molecule has 2 amide bonds. The van der Waals surface area contributed by atoms with Crippen LogP contribution in [0.4, 0.5) is 11.4 Å². The molecule has 0 aliphatic heterocycles. The van der Waals surface area contributed by atoms with E-state index in [1.165, 1.54) is 24.3 Å². The number of nitro benzene ring substituents is 1. The molecular weight excluding hydrogens is 338 g/mol. The summed E-state index contributed by atoms with van der Waals surface area (Å²) in [6.07, 6.45) is 1.91. The zero-order valence-corrected chi connectivity index (χ0v) is 14.8. The highest BCUT2D eigenvalue weighted by Gasteiger charge is 2.20. The Balaban J connectivity index is 1.94. The van der Waals surface area contributed by atoms with Gasteiger partial charge in [-0.1, -0.05) is 0 Å². The van der Waals surface area contributed by atoms with Crippen molar-refractivity contribution in [1.82, 2.24) is 14.8 Å². The van der Waals surface area contributed by atoms with E-state index in [1.54, 1.807) is 0 Å². The SMILES string of the molecule is CN(C)C(CNC(=O)C(=O)Nc1ccc([N+](=O)[O-])cc1)c1cccn1C. The smallest absolute Gasteiger partial charge is 0.313 e. The number of rotatable bonds is 6. The van der Waals surface area contributed by atoms with Crippen LogP contribution in [0.5, 0.6) is 0 Å². The topological polar surface area (TPSA) is 110 Å². The van der Waals surface area contributed by atoms with Gasteiger partial charge in [0.15, 0.2) is 0 Å². The first-order valence-corrected chi connectivity index (χ1v) is 7.91. The van der Waals surface area contributed by atoms with E-state index in [9.17, 15) is 19.7 Å². The minimum absolute atomic E-state index is 0.0916. The van der Waals surface area contributed by atoms with Crippen LogP contribution >= 0.6 is 0 Å². The molecule has 0 saturated heterocycles. The number of benzene rings is 1. The number of hydrogen-bond donors (Lipinski definition) is 2. The Kier molecular flexibility index (Phi) is 6.07. The molecule has 1 aromatic heterocycles. The van der Waals surface area contributed by atoms with E-state index >= 15 is 0 Å². The van der Waals surface area contributed by atoms with Crippen LogP contribution < -0.4 is 10.6 Å². The summed E-state index contributed by atoms with van der Waals surface area (Å²) in [5.41, 5.74) is 1.22. The molecule has 0 saturated carbocycles. The standard InChI is InChI=1S/C17H21N5O4/c1-20(2)15(14-5-4-10-21(14)3)11-18-16(23)17(24)19-12-6-8-13(9-7-12)22(25)26/h4-10,15H,11H2,1-3H3,(H,18,23)(H,19,24). The van der Waals surface area contributed by atoms with Crippen LogP contribution in [-0.2, 0) is 16.6 Å². The van der Waals surface area contributed by atoms with Gasteiger partial charge >= 0.3 is 11.8 Å². The molecule has 0 fully saturated rings. The lowest BCUT2D eigenvalue weighted by Crippen LogP contribution is -2.40. The summed E-state index contributed by atoms with van der Waals surface area (Å²) in [6, 6.07) is 9.02. The van der Waals surface area contributed by atoms with E-state index < -0.39 is 16.7 Å². The molecule has 1 unspecified atom stereocenters. The molecule has 138 valence electrons. The third-order valence-electron chi connectivity index (χ3n) is 3.95. The van der Waals surface area contributed by atoms with Crippen molar-refractivity contribution in [3.8, 4) is 0 Å². The molecule has 0 spiro atoms. The van der Waals surface area contributed by atoms with Crippen LogP contribution in [0.15, 0.2) is 42.6 Å². The van der Waals surface area contributed by atoms with Crippen molar-refractivity contribution >= 4 is 23.2 Å². The van der Waals surface area contributed by atoms with Crippen molar-refractivity contribution in [2.45, 2.75) is 6.04 Å². The number of carbonyl (C=O) groups excluding carboxylic acids is 2. The van der Waals surface area contributed by atoms with Crippen molar-refractivity contribution in [3.05, 3.63) is 58.4 Å². The van der Waals surface area contributed by atoms with Crippen LogP contribution in [-0.4, -0.2) is 46.8 Å². The van der Waals surface area contributed by atoms with Gasteiger partial charge in [-0.05, 0) is 38.4 Å². The average Bonchev–Trinajstić information content (AvgIpc) is 3.01. The van der Waals surface area contributed by atoms with E-state index in [2.05, 4.69) is 10.6 Å².